The molecule has 0 aliphatic heterocycles. The average Bonchev–Trinajstić information content (AvgIpc) is 3.25. The topological polar surface area (TPSA) is 38.0 Å². The van der Waals surface area contributed by atoms with Crippen molar-refractivity contribution in [2.45, 2.75) is 18.4 Å². The van der Waals surface area contributed by atoms with Crippen molar-refractivity contribution in [2.75, 3.05) is 0 Å². The van der Waals surface area contributed by atoms with E-state index >= 15 is 0 Å². The van der Waals surface area contributed by atoms with Gasteiger partial charge in [0.1, 0.15) is 11.6 Å². The van der Waals surface area contributed by atoms with Crippen LogP contribution >= 0.6 is 0 Å². The van der Waals surface area contributed by atoms with Crippen LogP contribution < -0.4 is 11.3 Å². The molecule has 2 aromatic rings. The van der Waals surface area contributed by atoms with Gasteiger partial charge in [0.2, 0.25) is 0 Å². The van der Waals surface area contributed by atoms with E-state index in [0.717, 1.165) is 18.6 Å². The van der Waals surface area contributed by atoms with Gasteiger partial charge < -0.3 is 0 Å². The standard InChI is InChI=1S/C16H16F2N2/c17-11-6-7-15(18)14(8-11)16(20-19)13-9-12(13)10-4-2-1-3-5-10/h1-8,12-13,16,20H,9,19H2. The van der Waals surface area contributed by atoms with Gasteiger partial charge in [-0.15, -0.1) is 0 Å². The van der Waals surface area contributed by atoms with Crippen molar-refractivity contribution in [1.82, 2.24) is 5.43 Å². The van der Waals surface area contributed by atoms with Crippen LogP contribution in [0.2, 0.25) is 0 Å². The number of hydrazine groups is 1. The van der Waals surface area contributed by atoms with Crippen molar-refractivity contribution in [2.24, 2.45) is 11.8 Å². The zero-order valence-electron chi connectivity index (χ0n) is 10.9. The summed E-state index contributed by atoms with van der Waals surface area (Å²) in [5.41, 5.74) is 4.16. The third-order valence-electron chi connectivity index (χ3n) is 3.97. The highest BCUT2D eigenvalue weighted by atomic mass is 19.1. The van der Waals surface area contributed by atoms with Crippen LogP contribution in [0, 0.1) is 17.6 Å². The molecule has 20 heavy (non-hydrogen) atoms. The van der Waals surface area contributed by atoms with Gasteiger partial charge in [-0.05, 0) is 42.0 Å². The number of hydrogen-bond acceptors (Lipinski definition) is 2. The molecule has 3 N–H and O–H groups in total. The monoisotopic (exact) mass is 274 g/mol. The summed E-state index contributed by atoms with van der Waals surface area (Å²) in [6, 6.07) is 13.2. The lowest BCUT2D eigenvalue weighted by Crippen LogP contribution is -2.30. The Morgan fingerprint density at radius 3 is 2.55 bits per heavy atom. The maximum atomic E-state index is 13.9. The van der Waals surface area contributed by atoms with E-state index in [4.69, 9.17) is 5.84 Å². The van der Waals surface area contributed by atoms with Crippen LogP contribution in [0.25, 0.3) is 0 Å². The van der Waals surface area contributed by atoms with Gasteiger partial charge in [-0.2, -0.15) is 0 Å². The van der Waals surface area contributed by atoms with Crippen LogP contribution in [-0.2, 0) is 0 Å². The summed E-state index contributed by atoms with van der Waals surface area (Å²) in [5.74, 6) is 5.24. The summed E-state index contributed by atoms with van der Waals surface area (Å²) in [6.07, 6.45) is 0.925. The van der Waals surface area contributed by atoms with E-state index in [-0.39, 0.29) is 12.0 Å². The van der Waals surface area contributed by atoms with E-state index in [0.29, 0.717) is 11.5 Å². The molecule has 1 aliphatic rings. The molecule has 3 atom stereocenters. The summed E-state index contributed by atoms with van der Waals surface area (Å²) in [6.45, 7) is 0. The molecule has 0 amide bonds. The van der Waals surface area contributed by atoms with Crippen LogP contribution in [0.3, 0.4) is 0 Å². The van der Waals surface area contributed by atoms with Crippen LogP contribution in [0.5, 0.6) is 0 Å². The molecule has 0 radical (unpaired) electrons. The number of nitrogens with one attached hydrogen (secondary N) is 1. The number of nitrogens with two attached hydrogens (primary N) is 1. The Balaban J connectivity index is 1.84. The second-order valence-electron chi connectivity index (χ2n) is 5.23. The fourth-order valence-electron chi connectivity index (χ4n) is 2.86. The molecule has 1 saturated carbocycles. The Bertz CT molecular complexity index is 601. The first-order chi connectivity index (χ1) is 9.70. The molecule has 4 heteroatoms. The SMILES string of the molecule is NNC(c1cc(F)ccc1F)C1CC1c1ccccc1. The first kappa shape index (κ1) is 13.2. The smallest absolute Gasteiger partial charge is 0.128 e. The maximum Gasteiger partial charge on any atom is 0.128 e. The maximum absolute atomic E-state index is 13.9. The highest BCUT2D eigenvalue weighted by Gasteiger charge is 2.44. The number of hydrogen-bond donors (Lipinski definition) is 2. The molecule has 3 rings (SSSR count). The van der Waals surface area contributed by atoms with E-state index in [1.807, 2.05) is 18.2 Å². The minimum absolute atomic E-state index is 0.193. The minimum atomic E-state index is -0.446. The predicted molar refractivity (Wildman–Crippen MR) is 73.7 cm³/mol. The lowest BCUT2D eigenvalue weighted by Gasteiger charge is -2.17. The lowest BCUT2D eigenvalue weighted by molar-refractivity contribution is 0.457. The van der Waals surface area contributed by atoms with Crippen LogP contribution in [0.1, 0.15) is 29.5 Å². The van der Waals surface area contributed by atoms with Crippen LogP contribution in [0.4, 0.5) is 8.78 Å². The summed E-state index contributed by atoms with van der Waals surface area (Å²) >= 11 is 0. The first-order valence-electron chi connectivity index (χ1n) is 6.66. The van der Waals surface area contributed by atoms with Gasteiger partial charge in [0.15, 0.2) is 0 Å². The molecule has 0 bridgehead atoms. The Labute approximate surface area is 116 Å². The Morgan fingerprint density at radius 1 is 1.10 bits per heavy atom. The molecule has 2 aromatic carbocycles. The molecule has 0 saturated heterocycles. The second kappa shape index (κ2) is 5.31. The van der Waals surface area contributed by atoms with E-state index < -0.39 is 11.6 Å². The fraction of sp³-hybridized carbons (Fsp3) is 0.250. The molecule has 1 fully saturated rings. The molecule has 0 heterocycles. The van der Waals surface area contributed by atoms with Crippen molar-refractivity contribution >= 4 is 0 Å². The molecule has 0 aromatic heterocycles. The van der Waals surface area contributed by atoms with Gasteiger partial charge in [-0.3, -0.25) is 11.3 Å². The third-order valence-corrected chi connectivity index (χ3v) is 3.97. The quantitative estimate of drug-likeness (QED) is 0.663. The van der Waals surface area contributed by atoms with Gasteiger partial charge >= 0.3 is 0 Å². The van der Waals surface area contributed by atoms with Crippen LogP contribution in [0.15, 0.2) is 48.5 Å². The minimum Gasteiger partial charge on any atom is -0.271 e. The zero-order valence-corrected chi connectivity index (χ0v) is 10.9. The Morgan fingerprint density at radius 2 is 1.85 bits per heavy atom. The Hall–Kier alpha value is -1.78. The summed E-state index contributed by atoms with van der Waals surface area (Å²) in [4.78, 5) is 0. The molecule has 2 nitrogen and oxygen atoms in total. The van der Waals surface area contributed by atoms with Crippen molar-refractivity contribution in [3.8, 4) is 0 Å². The Kier molecular flexibility index (Phi) is 3.51. The molecule has 1 aliphatic carbocycles. The molecule has 104 valence electrons. The summed E-state index contributed by atoms with van der Waals surface area (Å²) < 4.78 is 27.2. The van der Waals surface area contributed by atoms with E-state index in [1.54, 1.807) is 0 Å². The number of halogens is 2. The summed E-state index contributed by atoms with van der Waals surface area (Å²) in [7, 11) is 0. The molecule has 0 spiro atoms. The number of benzene rings is 2. The second-order valence-corrected chi connectivity index (χ2v) is 5.23. The van der Waals surface area contributed by atoms with Crippen molar-refractivity contribution in [3.05, 3.63) is 71.3 Å². The van der Waals surface area contributed by atoms with Crippen molar-refractivity contribution in [3.63, 3.8) is 0 Å². The number of rotatable bonds is 4. The van der Waals surface area contributed by atoms with Crippen LogP contribution in [-0.4, -0.2) is 0 Å². The lowest BCUT2D eigenvalue weighted by atomic mass is 9.98. The van der Waals surface area contributed by atoms with Gasteiger partial charge in [0, 0.05) is 5.56 Å². The van der Waals surface area contributed by atoms with Gasteiger partial charge in [0.25, 0.3) is 0 Å². The fourth-order valence-corrected chi connectivity index (χ4v) is 2.86. The average molecular weight is 274 g/mol. The molecular weight excluding hydrogens is 258 g/mol. The summed E-state index contributed by atoms with van der Waals surface area (Å²) in [5, 5.41) is 0. The highest BCUT2D eigenvalue weighted by molar-refractivity contribution is 5.31. The zero-order chi connectivity index (χ0) is 14.1. The van der Waals surface area contributed by atoms with E-state index in [9.17, 15) is 8.78 Å². The van der Waals surface area contributed by atoms with Crippen molar-refractivity contribution < 1.29 is 8.78 Å². The normalized spacial score (nSPS) is 22.6. The van der Waals surface area contributed by atoms with Gasteiger partial charge in [-0.25, -0.2) is 8.78 Å². The van der Waals surface area contributed by atoms with Gasteiger partial charge in [0.05, 0.1) is 6.04 Å². The molecular formula is C16H16F2N2. The third kappa shape index (κ3) is 2.44. The van der Waals surface area contributed by atoms with E-state index in [1.165, 1.54) is 11.6 Å². The first-order valence-corrected chi connectivity index (χ1v) is 6.66. The van der Waals surface area contributed by atoms with Gasteiger partial charge in [-0.1, -0.05) is 30.3 Å². The molecule has 3 unspecified atom stereocenters. The highest BCUT2D eigenvalue weighted by Crippen LogP contribution is 2.54. The van der Waals surface area contributed by atoms with E-state index in [2.05, 4.69) is 17.6 Å². The predicted octanol–water partition coefficient (Wildman–Crippen LogP) is 3.27. The van der Waals surface area contributed by atoms with Crippen molar-refractivity contribution in [1.29, 1.82) is 0 Å². The largest absolute Gasteiger partial charge is 0.271 e.